The normalized spacial score (nSPS) is 15.5. The molecule has 0 spiro atoms. The summed E-state index contributed by atoms with van der Waals surface area (Å²) in [4.78, 5) is 20.0. The van der Waals surface area contributed by atoms with Crippen LogP contribution in [0, 0.1) is 17.5 Å². The van der Waals surface area contributed by atoms with Crippen LogP contribution >= 0.6 is 11.3 Å². The van der Waals surface area contributed by atoms with Crippen LogP contribution in [-0.2, 0) is 15.6 Å². The van der Waals surface area contributed by atoms with Gasteiger partial charge in [-0.3, -0.25) is 4.90 Å². The Bertz CT molecular complexity index is 2120. The standard InChI is InChI=1S/C36H35F4N7O2S2/c37-12-16-45-17-19-46(20-18-45)31-10-9-26(22-29(31)40)42-35-41-13-11-30(43-35)33-32(44-36(50-33)47-14-1-2-15-47)25-6-3-5-24(21-25)23-51(48,49)34-27(38)7-4-8-28(34)39/h3-11,13,21-22H,1-2,12,14-20,23H2,(H,41,42,43). The van der Waals surface area contributed by atoms with E-state index in [9.17, 15) is 21.6 Å². The maximum absolute atomic E-state index is 15.3. The Balaban J connectivity index is 1.16. The Labute approximate surface area is 297 Å². The molecule has 0 aliphatic carbocycles. The number of alkyl halides is 1. The third kappa shape index (κ3) is 7.70. The van der Waals surface area contributed by atoms with Gasteiger partial charge >= 0.3 is 0 Å². The monoisotopic (exact) mass is 737 g/mol. The molecule has 0 radical (unpaired) electrons. The predicted octanol–water partition coefficient (Wildman–Crippen LogP) is 7.09. The molecule has 51 heavy (non-hydrogen) atoms. The van der Waals surface area contributed by atoms with Gasteiger partial charge in [0, 0.05) is 63.3 Å². The number of rotatable bonds is 11. The molecule has 0 amide bonds. The number of hydrogen-bond donors (Lipinski definition) is 1. The lowest BCUT2D eigenvalue weighted by molar-refractivity contribution is 0.235. The van der Waals surface area contributed by atoms with Gasteiger partial charge in [0.25, 0.3) is 0 Å². The second kappa shape index (κ2) is 14.9. The fourth-order valence-corrected chi connectivity index (χ4v) is 9.05. The quantitative estimate of drug-likeness (QED) is 0.143. The Hall–Kier alpha value is -4.60. The molecule has 5 aromatic rings. The smallest absolute Gasteiger partial charge is 0.227 e. The first-order chi connectivity index (χ1) is 24.7. The average Bonchev–Trinajstić information content (AvgIpc) is 3.80. The Kier molecular flexibility index (Phi) is 10.2. The molecular formula is C36H35F4N7O2S2. The average molecular weight is 738 g/mol. The fraction of sp³-hybridized carbons (Fsp3) is 0.306. The summed E-state index contributed by atoms with van der Waals surface area (Å²) in [5, 5.41) is 3.90. The van der Waals surface area contributed by atoms with Crippen molar-refractivity contribution in [3.8, 4) is 21.8 Å². The van der Waals surface area contributed by atoms with Gasteiger partial charge in [0.05, 0.1) is 27.7 Å². The van der Waals surface area contributed by atoms with E-state index in [0.717, 1.165) is 54.1 Å². The molecule has 7 rings (SSSR count). The van der Waals surface area contributed by atoms with Crippen molar-refractivity contribution < 1.29 is 26.0 Å². The van der Waals surface area contributed by atoms with Crippen LogP contribution in [0.25, 0.3) is 21.8 Å². The van der Waals surface area contributed by atoms with Crippen molar-refractivity contribution >= 4 is 43.6 Å². The third-order valence-corrected chi connectivity index (χ3v) is 11.8. The first-order valence-electron chi connectivity index (χ1n) is 16.6. The molecule has 3 aromatic carbocycles. The van der Waals surface area contributed by atoms with Crippen LogP contribution in [0.3, 0.4) is 0 Å². The van der Waals surface area contributed by atoms with Crippen LogP contribution in [0.15, 0.2) is 77.8 Å². The van der Waals surface area contributed by atoms with E-state index in [2.05, 4.69) is 15.2 Å². The van der Waals surface area contributed by atoms with Gasteiger partial charge in [-0.25, -0.2) is 40.9 Å². The molecule has 0 saturated carbocycles. The van der Waals surface area contributed by atoms with E-state index in [4.69, 9.17) is 9.97 Å². The molecule has 2 aromatic heterocycles. The first kappa shape index (κ1) is 34.8. The van der Waals surface area contributed by atoms with Crippen molar-refractivity contribution in [2.24, 2.45) is 0 Å². The van der Waals surface area contributed by atoms with E-state index >= 15 is 4.39 Å². The number of nitrogens with zero attached hydrogens (tertiary/aromatic N) is 6. The summed E-state index contributed by atoms with van der Waals surface area (Å²) in [5.41, 5.74) is 3.03. The maximum atomic E-state index is 15.3. The molecule has 2 aliphatic heterocycles. The molecular weight excluding hydrogens is 703 g/mol. The number of sulfone groups is 1. The van der Waals surface area contributed by atoms with Gasteiger partial charge < -0.3 is 15.1 Å². The third-order valence-electron chi connectivity index (χ3n) is 8.99. The highest BCUT2D eigenvalue weighted by Gasteiger charge is 2.26. The van der Waals surface area contributed by atoms with Gasteiger partial charge in [-0.1, -0.05) is 35.6 Å². The Morgan fingerprint density at radius 3 is 2.27 bits per heavy atom. The van der Waals surface area contributed by atoms with Gasteiger partial charge in [-0.05, 0) is 60.9 Å². The number of halogens is 4. The largest absolute Gasteiger partial charge is 0.367 e. The molecule has 0 bridgehead atoms. The van der Waals surface area contributed by atoms with Crippen molar-refractivity contribution in [3.05, 3.63) is 95.9 Å². The zero-order chi connectivity index (χ0) is 35.5. The minimum absolute atomic E-state index is 0.244. The fourth-order valence-electron chi connectivity index (χ4n) is 6.45. The molecule has 4 heterocycles. The number of benzene rings is 3. The summed E-state index contributed by atoms with van der Waals surface area (Å²) < 4.78 is 83.2. The molecule has 2 aliphatic rings. The second-order valence-corrected chi connectivity index (χ2v) is 15.4. The lowest BCUT2D eigenvalue weighted by Crippen LogP contribution is -2.47. The molecule has 0 atom stereocenters. The topological polar surface area (TPSA) is 94.6 Å². The number of nitrogens with one attached hydrogen (secondary N) is 1. The number of anilines is 4. The van der Waals surface area contributed by atoms with Crippen LogP contribution in [0.2, 0.25) is 0 Å². The highest BCUT2D eigenvalue weighted by Crippen LogP contribution is 2.41. The van der Waals surface area contributed by atoms with Gasteiger partial charge in [0.1, 0.15) is 29.0 Å². The van der Waals surface area contributed by atoms with E-state index in [1.54, 1.807) is 48.7 Å². The minimum atomic E-state index is -4.34. The van der Waals surface area contributed by atoms with Crippen LogP contribution in [0.4, 0.5) is 40.0 Å². The van der Waals surface area contributed by atoms with Crippen molar-refractivity contribution in [2.45, 2.75) is 23.5 Å². The zero-order valence-corrected chi connectivity index (χ0v) is 29.2. The molecule has 9 nitrogen and oxygen atoms in total. The summed E-state index contributed by atoms with van der Waals surface area (Å²) in [6.07, 6.45) is 3.67. The van der Waals surface area contributed by atoms with Crippen LogP contribution in [-0.4, -0.2) is 80.8 Å². The first-order valence-corrected chi connectivity index (χ1v) is 19.1. The lowest BCUT2D eigenvalue weighted by atomic mass is 10.1. The molecule has 1 N–H and O–H groups in total. The molecule has 0 unspecified atom stereocenters. The molecule has 2 saturated heterocycles. The minimum Gasteiger partial charge on any atom is -0.367 e. The van der Waals surface area contributed by atoms with Crippen LogP contribution in [0.5, 0.6) is 0 Å². The highest BCUT2D eigenvalue weighted by atomic mass is 32.2. The van der Waals surface area contributed by atoms with Gasteiger partial charge in [-0.2, -0.15) is 0 Å². The number of thiazole rings is 1. The van der Waals surface area contributed by atoms with E-state index in [-0.39, 0.29) is 5.95 Å². The Morgan fingerprint density at radius 2 is 1.55 bits per heavy atom. The van der Waals surface area contributed by atoms with Crippen LogP contribution < -0.4 is 15.1 Å². The summed E-state index contributed by atoms with van der Waals surface area (Å²) in [6, 6.07) is 16.3. The van der Waals surface area contributed by atoms with Gasteiger partial charge in [0.15, 0.2) is 15.0 Å². The van der Waals surface area contributed by atoms with Gasteiger partial charge in [0.2, 0.25) is 5.95 Å². The summed E-state index contributed by atoms with van der Waals surface area (Å²) in [5.74, 6) is -3.04. The zero-order valence-electron chi connectivity index (χ0n) is 27.5. The molecule has 266 valence electrons. The lowest BCUT2D eigenvalue weighted by Gasteiger charge is -2.35. The number of hydrogen-bond acceptors (Lipinski definition) is 10. The summed E-state index contributed by atoms with van der Waals surface area (Å²) in [6.45, 7) is 4.23. The van der Waals surface area contributed by atoms with E-state index < -0.39 is 44.6 Å². The van der Waals surface area contributed by atoms with Crippen molar-refractivity contribution in [1.82, 2.24) is 19.9 Å². The highest BCUT2D eigenvalue weighted by molar-refractivity contribution is 7.90. The summed E-state index contributed by atoms with van der Waals surface area (Å²) >= 11 is 1.45. The molecule has 15 heteroatoms. The Morgan fingerprint density at radius 1 is 0.804 bits per heavy atom. The number of aromatic nitrogens is 3. The van der Waals surface area contributed by atoms with Crippen molar-refractivity contribution in [2.75, 3.05) is 67.6 Å². The second-order valence-electron chi connectivity index (χ2n) is 12.5. The molecule has 2 fully saturated rings. The van der Waals surface area contributed by atoms with Crippen molar-refractivity contribution in [1.29, 1.82) is 0 Å². The number of piperazine rings is 1. The predicted molar refractivity (Wildman–Crippen MR) is 192 cm³/mol. The van der Waals surface area contributed by atoms with E-state index in [0.29, 0.717) is 66.6 Å². The van der Waals surface area contributed by atoms with Crippen LogP contribution in [0.1, 0.15) is 18.4 Å². The van der Waals surface area contributed by atoms with Gasteiger partial charge in [-0.15, -0.1) is 0 Å². The van der Waals surface area contributed by atoms with E-state index in [1.165, 1.54) is 17.4 Å². The summed E-state index contributed by atoms with van der Waals surface area (Å²) in [7, 11) is -4.34. The van der Waals surface area contributed by atoms with E-state index in [1.807, 2.05) is 9.80 Å². The van der Waals surface area contributed by atoms with Crippen molar-refractivity contribution in [3.63, 3.8) is 0 Å². The maximum Gasteiger partial charge on any atom is 0.227 e. The SMILES string of the molecule is O=S(=O)(Cc1cccc(-c2nc(N3CCCC3)sc2-c2ccnc(Nc3ccc(N4CCN(CCF)CC4)c(F)c3)n2)c1)c1c(F)cccc1F.